The molecule has 1 aliphatic rings. The number of hydrogen-bond donors (Lipinski definition) is 1. The van der Waals surface area contributed by atoms with E-state index < -0.39 is 16.6 Å². The highest BCUT2D eigenvalue weighted by Gasteiger charge is 2.25. The lowest BCUT2D eigenvalue weighted by Crippen LogP contribution is -2.42. The Hall–Kier alpha value is -2.59. The Kier molecular flexibility index (Phi) is 7.33. The van der Waals surface area contributed by atoms with Gasteiger partial charge in [-0.05, 0) is 25.1 Å². The number of rotatable bonds is 7. The van der Waals surface area contributed by atoms with Gasteiger partial charge in [0.25, 0.3) is 0 Å². The van der Waals surface area contributed by atoms with E-state index in [0.29, 0.717) is 42.3 Å². The quantitative estimate of drug-likeness (QED) is 0.709. The van der Waals surface area contributed by atoms with Crippen molar-refractivity contribution in [3.05, 3.63) is 35.9 Å². The van der Waals surface area contributed by atoms with Crippen LogP contribution in [-0.4, -0.2) is 62.1 Å². The van der Waals surface area contributed by atoms with Crippen LogP contribution in [0.4, 0.5) is 4.39 Å². The molecule has 0 spiro atoms. The van der Waals surface area contributed by atoms with Crippen molar-refractivity contribution >= 4 is 16.7 Å². The van der Waals surface area contributed by atoms with Gasteiger partial charge in [0.1, 0.15) is 12.4 Å². The first-order valence-corrected chi connectivity index (χ1v) is 11.1. The van der Waals surface area contributed by atoms with E-state index in [4.69, 9.17) is 14.6 Å². The van der Waals surface area contributed by atoms with Gasteiger partial charge >= 0.3 is 0 Å². The minimum absolute atomic E-state index is 0.0346. The number of amides is 1. The van der Waals surface area contributed by atoms with Crippen molar-refractivity contribution in [1.82, 2.24) is 14.9 Å². The number of carbonyl (C=O) groups is 1. The minimum atomic E-state index is -1.29. The largest absolute Gasteiger partial charge is 0.474 e. The van der Waals surface area contributed by atoms with Crippen LogP contribution in [0.25, 0.3) is 0 Å². The zero-order valence-corrected chi connectivity index (χ0v) is 17.7. The lowest BCUT2D eigenvalue weighted by Gasteiger charge is -2.32. The molecule has 1 amide bonds. The molecule has 8 nitrogen and oxygen atoms in total. The number of aromatic nitrogens is 2. The van der Waals surface area contributed by atoms with Gasteiger partial charge in [-0.3, -0.25) is 9.00 Å². The number of aliphatic hydroxyl groups is 1. The summed E-state index contributed by atoms with van der Waals surface area (Å²) in [6.07, 6.45) is 4.04. The molecule has 1 fully saturated rings. The highest BCUT2D eigenvalue weighted by atomic mass is 32.2. The molecule has 0 saturated carbocycles. The summed E-state index contributed by atoms with van der Waals surface area (Å²) in [5.41, 5.74) is 0.527. The molecule has 0 bridgehead atoms. The predicted octanol–water partition coefficient (Wildman–Crippen LogP) is 2.21. The second-order valence-corrected chi connectivity index (χ2v) is 8.31. The van der Waals surface area contributed by atoms with Gasteiger partial charge in [0.2, 0.25) is 17.7 Å². The van der Waals surface area contributed by atoms with Crippen LogP contribution in [0.2, 0.25) is 0 Å². The van der Waals surface area contributed by atoms with Crippen molar-refractivity contribution in [1.29, 1.82) is 0 Å². The molecule has 2 aromatic rings. The Morgan fingerprint density at radius 1 is 1.30 bits per heavy atom. The number of carbonyl (C=O) groups excluding carboxylic acids is 1. The van der Waals surface area contributed by atoms with Crippen molar-refractivity contribution in [3.8, 4) is 17.5 Å². The summed E-state index contributed by atoms with van der Waals surface area (Å²) in [6, 6.07) is 4.12. The Balaban J connectivity index is 1.66. The van der Waals surface area contributed by atoms with Crippen LogP contribution in [0.3, 0.4) is 0 Å². The summed E-state index contributed by atoms with van der Waals surface area (Å²) >= 11 is 0. The van der Waals surface area contributed by atoms with Crippen molar-refractivity contribution in [3.63, 3.8) is 0 Å². The number of ether oxygens (including phenoxy) is 2. The van der Waals surface area contributed by atoms with Crippen molar-refractivity contribution in [2.24, 2.45) is 0 Å². The molecule has 0 radical (unpaired) electrons. The SMILES string of the molecule is Cc1c(Oc2ccc(S(C)=O)cc2F)ncnc1OC1CCN(C(=O)CCO)CC1. The molecule has 162 valence electrons. The standard InChI is InChI=1S/C20H24FN3O5S/c1-13-19(28-14-5-8-24(9-6-14)18(26)7-10-25)22-12-23-20(13)29-17-4-3-15(30(2)27)11-16(17)21/h3-4,11-12,14,25H,5-10H2,1-2H3. The maximum atomic E-state index is 14.3. The Morgan fingerprint density at radius 3 is 2.63 bits per heavy atom. The highest BCUT2D eigenvalue weighted by molar-refractivity contribution is 7.84. The highest BCUT2D eigenvalue weighted by Crippen LogP contribution is 2.31. The van der Waals surface area contributed by atoms with E-state index in [1.807, 2.05) is 0 Å². The predicted molar refractivity (Wildman–Crippen MR) is 108 cm³/mol. The topological polar surface area (TPSA) is 102 Å². The van der Waals surface area contributed by atoms with Crippen molar-refractivity contribution in [2.75, 3.05) is 26.0 Å². The summed E-state index contributed by atoms with van der Waals surface area (Å²) in [6.45, 7) is 2.66. The number of aliphatic hydroxyl groups excluding tert-OH is 1. The summed E-state index contributed by atoms with van der Waals surface area (Å²) in [4.78, 5) is 22.2. The Labute approximate surface area is 176 Å². The van der Waals surface area contributed by atoms with E-state index >= 15 is 0 Å². The second-order valence-electron chi connectivity index (χ2n) is 6.93. The lowest BCUT2D eigenvalue weighted by atomic mass is 10.1. The summed E-state index contributed by atoms with van der Waals surface area (Å²) in [5, 5.41) is 8.90. The number of benzene rings is 1. The number of likely N-dealkylation sites (tertiary alicyclic amines) is 1. The molecule has 0 aliphatic carbocycles. The maximum Gasteiger partial charge on any atom is 0.229 e. The summed E-state index contributed by atoms with van der Waals surface area (Å²) in [7, 11) is -1.29. The fraction of sp³-hybridized carbons (Fsp3) is 0.450. The first kappa shape index (κ1) is 22.1. The average molecular weight is 437 g/mol. The van der Waals surface area contributed by atoms with Gasteiger partial charge in [-0.25, -0.2) is 14.4 Å². The molecule has 3 rings (SSSR count). The fourth-order valence-electron chi connectivity index (χ4n) is 3.12. The molecule has 1 aliphatic heterocycles. The third kappa shape index (κ3) is 5.31. The van der Waals surface area contributed by atoms with Crippen LogP contribution in [0.1, 0.15) is 24.8 Å². The van der Waals surface area contributed by atoms with Gasteiger partial charge in [-0.15, -0.1) is 0 Å². The zero-order chi connectivity index (χ0) is 21.7. The van der Waals surface area contributed by atoms with Gasteiger partial charge in [0.05, 0.1) is 12.2 Å². The molecule has 10 heteroatoms. The van der Waals surface area contributed by atoms with E-state index in [1.54, 1.807) is 11.8 Å². The van der Waals surface area contributed by atoms with E-state index in [-0.39, 0.29) is 36.7 Å². The van der Waals surface area contributed by atoms with E-state index in [2.05, 4.69) is 9.97 Å². The molecular formula is C20H24FN3O5S. The number of piperidine rings is 1. The molecule has 1 N–H and O–H groups in total. The Morgan fingerprint density at radius 2 is 2.00 bits per heavy atom. The first-order valence-electron chi connectivity index (χ1n) is 9.56. The smallest absolute Gasteiger partial charge is 0.229 e. The van der Waals surface area contributed by atoms with Gasteiger partial charge in [0.15, 0.2) is 11.6 Å². The first-order chi connectivity index (χ1) is 14.4. The van der Waals surface area contributed by atoms with Gasteiger partial charge in [-0.2, -0.15) is 0 Å². The Bertz CT molecular complexity index is 935. The van der Waals surface area contributed by atoms with E-state index in [1.165, 1.54) is 30.8 Å². The molecule has 30 heavy (non-hydrogen) atoms. The monoisotopic (exact) mass is 437 g/mol. The van der Waals surface area contributed by atoms with Crippen LogP contribution >= 0.6 is 0 Å². The van der Waals surface area contributed by atoms with Crippen LogP contribution in [0, 0.1) is 12.7 Å². The molecular weight excluding hydrogens is 413 g/mol. The van der Waals surface area contributed by atoms with Gasteiger partial charge in [0, 0.05) is 54.3 Å². The summed E-state index contributed by atoms with van der Waals surface area (Å²) in [5.74, 6) is -0.229. The number of hydrogen-bond acceptors (Lipinski definition) is 7. The molecule has 1 atom stereocenters. The molecule has 1 aromatic heterocycles. The van der Waals surface area contributed by atoms with E-state index in [9.17, 15) is 13.4 Å². The lowest BCUT2D eigenvalue weighted by molar-refractivity contribution is -0.133. The van der Waals surface area contributed by atoms with Crippen molar-refractivity contribution in [2.45, 2.75) is 37.2 Å². The zero-order valence-electron chi connectivity index (χ0n) is 16.8. The normalized spacial score (nSPS) is 15.7. The van der Waals surface area contributed by atoms with Crippen LogP contribution in [-0.2, 0) is 15.6 Å². The molecule has 2 heterocycles. The van der Waals surface area contributed by atoms with Crippen LogP contribution in [0.5, 0.6) is 17.5 Å². The van der Waals surface area contributed by atoms with E-state index in [0.717, 1.165) is 0 Å². The summed E-state index contributed by atoms with van der Waals surface area (Å²) < 4.78 is 37.3. The van der Waals surface area contributed by atoms with Gasteiger partial charge in [-0.1, -0.05) is 0 Å². The fourth-order valence-corrected chi connectivity index (χ4v) is 3.65. The third-order valence-electron chi connectivity index (χ3n) is 4.83. The molecule has 1 unspecified atom stereocenters. The maximum absolute atomic E-state index is 14.3. The molecule has 1 aromatic carbocycles. The average Bonchev–Trinajstić information content (AvgIpc) is 2.73. The van der Waals surface area contributed by atoms with Gasteiger partial charge < -0.3 is 19.5 Å². The number of nitrogens with zero attached hydrogens (tertiary/aromatic N) is 3. The number of halogens is 1. The minimum Gasteiger partial charge on any atom is -0.474 e. The van der Waals surface area contributed by atoms with Crippen LogP contribution in [0.15, 0.2) is 29.4 Å². The van der Waals surface area contributed by atoms with Crippen molar-refractivity contribution < 1.29 is 28.0 Å². The van der Waals surface area contributed by atoms with Crippen LogP contribution < -0.4 is 9.47 Å². The third-order valence-corrected chi connectivity index (χ3v) is 5.75. The second kappa shape index (κ2) is 9.94. The molecule has 1 saturated heterocycles.